The standard InChI is InChI=1S/C20H24N2O/c1-16-7-5-6-14-22(16)19-12-10-18(11-13-19)21-20(23)15-17-8-3-2-4-9-17/h2-4,8-13,16H,5-7,14-15H2,1H3,(H,21,23)/t16-/m1/s1. The van der Waals surface area contributed by atoms with E-state index in [9.17, 15) is 4.79 Å². The van der Waals surface area contributed by atoms with Gasteiger partial charge in [-0.15, -0.1) is 0 Å². The van der Waals surface area contributed by atoms with E-state index in [2.05, 4.69) is 29.3 Å². The molecule has 1 heterocycles. The van der Waals surface area contributed by atoms with E-state index in [0.717, 1.165) is 17.8 Å². The van der Waals surface area contributed by atoms with Crippen LogP contribution in [0.5, 0.6) is 0 Å². The van der Waals surface area contributed by atoms with Crippen molar-refractivity contribution in [1.82, 2.24) is 0 Å². The largest absolute Gasteiger partial charge is 0.369 e. The Labute approximate surface area is 138 Å². The Morgan fingerprint density at radius 1 is 1.09 bits per heavy atom. The highest BCUT2D eigenvalue weighted by molar-refractivity contribution is 5.92. The summed E-state index contributed by atoms with van der Waals surface area (Å²) in [6, 6.07) is 18.6. The molecule has 3 rings (SSSR count). The molecule has 0 radical (unpaired) electrons. The fraction of sp³-hybridized carbons (Fsp3) is 0.350. The van der Waals surface area contributed by atoms with E-state index in [-0.39, 0.29) is 5.91 Å². The topological polar surface area (TPSA) is 32.3 Å². The molecule has 0 saturated carbocycles. The smallest absolute Gasteiger partial charge is 0.228 e. The molecule has 2 aromatic carbocycles. The lowest BCUT2D eigenvalue weighted by atomic mass is 10.0. The Balaban J connectivity index is 1.60. The van der Waals surface area contributed by atoms with Crippen molar-refractivity contribution in [3.8, 4) is 0 Å². The van der Waals surface area contributed by atoms with Gasteiger partial charge in [-0.1, -0.05) is 30.3 Å². The van der Waals surface area contributed by atoms with Gasteiger partial charge in [0.15, 0.2) is 0 Å². The van der Waals surface area contributed by atoms with Gasteiger partial charge in [-0.3, -0.25) is 4.79 Å². The SMILES string of the molecule is C[C@@H]1CCCCN1c1ccc(NC(=O)Cc2ccccc2)cc1. The van der Waals surface area contributed by atoms with Gasteiger partial charge in [0.25, 0.3) is 0 Å². The summed E-state index contributed by atoms with van der Waals surface area (Å²) in [5.41, 5.74) is 3.14. The normalized spacial score (nSPS) is 17.8. The average molecular weight is 308 g/mol. The van der Waals surface area contributed by atoms with E-state index in [1.54, 1.807) is 0 Å². The van der Waals surface area contributed by atoms with E-state index in [0.29, 0.717) is 12.5 Å². The third kappa shape index (κ3) is 4.13. The fourth-order valence-electron chi connectivity index (χ4n) is 3.20. The highest BCUT2D eigenvalue weighted by Crippen LogP contribution is 2.25. The van der Waals surface area contributed by atoms with Crippen molar-refractivity contribution in [2.45, 2.75) is 38.6 Å². The number of benzene rings is 2. The van der Waals surface area contributed by atoms with Gasteiger partial charge in [0.2, 0.25) is 5.91 Å². The predicted octanol–water partition coefficient (Wildman–Crippen LogP) is 4.25. The minimum Gasteiger partial charge on any atom is -0.369 e. The molecular weight excluding hydrogens is 284 g/mol. The number of piperidine rings is 1. The van der Waals surface area contributed by atoms with E-state index in [1.165, 1.54) is 24.9 Å². The van der Waals surface area contributed by atoms with Gasteiger partial charge < -0.3 is 10.2 Å². The third-order valence-corrected chi connectivity index (χ3v) is 4.49. The second-order valence-corrected chi connectivity index (χ2v) is 6.30. The maximum Gasteiger partial charge on any atom is 0.228 e. The van der Waals surface area contributed by atoms with Crippen LogP contribution in [0.25, 0.3) is 0 Å². The summed E-state index contributed by atoms with van der Waals surface area (Å²) in [5.74, 6) is 0.0234. The molecule has 1 aliphatic rings. The quantitative estimate of drug-likeness (QED) is 0.916. The zero-order valence-corrected chi connectivity index (χ0v) is 13.7. The number of hydrogen-bond donors (Lipinski definition) is 1. The molecule has 0 aliphatic carbocycles. The molecule has 1 N–H and O–H groups in total. The number of anilines is 2. The van der Waals surface area contributed by atoms with Crippen LogP contribution in [0.2, 0.25) is 0 Å². The van der Waals surface area contributed by atoms with Gasteiger partial charge in [-0.25, -0.2) is 0 Å². The lowest BCUT2D eigenvalue weighted by Crippen LogP contribution is -2.37. The predicted molar refractivity (Wildman–Crippen MR) is 95.9 cm³/mol. The van der Waals surface area contributed by atoms with E-state index >= 15 is 0 Å². The summed E-state index contributed by atoms with van der Waals surface area (Å²) in [4.78, 5) is 14.6. The molecule has 1 aliphatic heterocycles. The highest BCUT2D eigenvalue weighted by Gasteiger charge is 2.18. The van der Waals surface area contributed by atoms with Gasteiger partial charge in [0, 0.05) is 24.0 Å². The van der Waals surface area contributed by atoms with Crippen molar-refractivity contribution in [3.05, 3.63) is 60.2 Å². The van der Waals surface area contributed by atoms with Crippen LogP contribution in [0.15, 0.2) is 54.6 Å². The van der Waals surface area contributed by atoms with Crippen LogP contribution >= 0.6 is 0 Å². The molecule has 1 saturated heterocycles. The maximum absolute atomic E-state index is 12.1. The molecule has 0 aromatic heterocycles. The van der Waals surface area contributed by atoms with Gasteiger partial charge in [-0.05, 0) is 56.0 Å². The van der Waals surface area contributed by atoms with Crippen LogP contribution in [0, 0.1) is 0 Å². The minimum atomic E-state index is 0.0234. The minimum absolute atomic E-state index is 0.0234. The van der Waals surface area contributed by atoms with Gasteiger partial charge in [0.1, 0.15) is 0 Å². The molecule has 0 bridgehead atoms. The summed E-state index contributed by atoms with van der Waals surface area (Å²) in [6.45, 7) is 3.41. The summed E-state index contributed by atoms with van der Waals surface area (Å²) in [7, 11) is 0. The highest BCUT2D eigenvalue weighted by atomic mass is 16.1. The molecule has 1 amide bonds. The van der Waals surface area contributed by atoms with E-state index in [4.69, 9.17) is 0 Å². The number of carbonyl (C=O) groups is 1. The Hall–Kier alpha value is -2.29. The van der Waals surface area contributed by atoms with Crippen molar-refractivity contribution in [2.75, 3.05) is 16.8 Å². The number of nitrogens with zero attached hydrogens (tertiary/aromatic N) is 1. The second-order valence-electron chi connectivity index (χ2n) is 6.30. The first-order valence-electron chi connectivity index (χ1n) is 8.43. The van der Waals surface area contributed by atoms with Crippen molar-refractivity contribution < 1.29 is 4.79 Å². The number of hydrogen-bond acceptors (Lipinski definition) is 2. The lowest BCUT2D eigenvalue weighted by molar-refractivity contribution is -0.115. The monoisotopic (exact) mass is 308 g/mol. The number of carbonyl (C=O) groups excluding carboxylic acids is 1. The summed E-state index contributed by atoms with van der Waals surface area (Å²) >= 11 is 0. The van der Waals surface area contributed by atoms with Crippen LogP contribution in [-0.4, -0.2) is 18.5 Å². The Bertz CT molecular complexity index is 636. The van der Waals surface area contributed by atoms with Crippen LogP contribution in [-0.2, 0) is 11.2 Å². The van der Waals surface area contributed by atoms with Crippen molar-refractivity contribution in [1.29, 1.82) is 0 Å². The molecule has 3 heteroatoms. The summed E-state index contributed by atoms with van der Waals surface area (Å²) < 4.78 is 0. The molecule has 1 fully saturated rings. The van der Waals surface area contributed by atoms with Crippen LogP contribution in [0.4, 0.5) is 11.4 Å². The first kappa shape index (κ1) is 15.6. The van der Waals surface area contributed by atoms with E-state index in [1.807, 2.05) is 42.5 Å². The third-order valence-electron chi connectivity index (χ3n) is 4.49. The Kier molecular flexibility index (Phi) is 4.96. The van der Waals surface area contributed by atoms with Crippen LogP contribution in [0.1, 0.15) is 31.7 Å². The first-order chi connectivity index (χ1) is 11.2. The fourth-order valence-corrected chi connectivity index (χ4v) is 3.20. The molecule has 0 unspecified atom stereocenters. The Morgan fingerprint density at radius 2 is 1.83 bits per heavy atom. The summed E-state index contributed by atoms with van der Waals surface area (Å²) in [5, 5.41) is 2.97. The number of amides is 1. The molecule has 3 nitrogen and oxygen atoms in total. The summed E-state index contributed by atoms with van der Waals surface area (Å²) in [6.07, 6.45) is 4.26. The van der Waals surface area contributed by atoms with Crippen molar-refractivity contribution >= 4 is 17.3 Å². The molecule has 120 valence electrons. The second kappa shape index (κ2) is 7.32. The van der Waals surface area contributed by atoms with Crippen LogP contribution < -0.4 is 10.2 Å². The zero-order valence-electron chi connectivity index (χ0n) is 13.7. The van der Waals surface area contributed by atoms with Crippen molar-refractivity contribution in [2.24, 2.45) is 0 Å². The average Bonchev–Trinajstić information content (AvgIpc) is 2.57. The van der Waals surface area contributed by atoms with E-state index < -0.39 is 0 Å². The van der Waals surface area contributed by atoms with Crippen LogP contribution in [0.3, 0.4) is 0 Å². The van der Waals surface area contributed by atoms with Crippen molar-refractivity contribution in [3.63, 3.8) is 0 Å². The number of nitrogens with one attached hydrogen (secondary N) is 1. The number of rotatable bonds is 4. The van der Waals surface area contributed by atoms with Gasteiger partial charge in [0.05, 0.1) is 6.42 Å². The molecule has 2 aromatic rings. The van der Waals surface area contributed by atoms with Gasteiger partial charge >= 0.3 is 0 Å². The molecule has 23 heavy (non-hydrogen) atoms. The zero-order chi connectivity index (χ0) is 16.1. The molecule has 1 atom stereocenters. The lowest BCUT2D eigenvalue weighted by Gasteiger charge is -2.35. The first-order valence-corrected chi connectivity index (χ1v) is 8.43. The molecular formula is C20H24N2O. The van der Waals surface area contributed by atoms with Gasteiger partial charge in [-0.2, -0.15) is 0 Å². The Morgan fingerprint density at radius 3 is 2.52 bits per heavy atom. The maximum atomic E-state index is 12.1. The molecule has 0 spiro atoms.